The van der Waals surface area contributed by atoms with Gasteiger partial charge < -0.3 is 14.5 Å². The van der Waals surface area contributed by atoms with Crippen molar-refractivity contribution in [3.05, 3.63) is 34.4 Å². The van der Waals surface area contributed by atoms with Gasteiger partial charge in [0.15, 0.2) is 16.4 Å². The molecule has 0 aliphatic carbocycles. The first-order chi connectivity index (χ1) is 13.2. The maximum atomic E-state index is 12.4. The van der Waals surface area contributed by atoms with E-state index in [0.717, 1.165) is 0 Å². The fourth-order valence-corrected chi connectivity index (χ4v) is 5.08. The maximum absolute atomic E-state index is 12.4. The van der Waals surface area contributed by atoms with Gasteiger partial charge in [0.25, 0.3) is 11.6 Å². The zero-order valence-electron chi connectivity index (χ0n) is 15.2. The summed E-state index contributed by atoms with van der Waals surface area (Å²) in [6, 6.07) is 5.60. The Labute approximate surface area is 162 Å². The second kappa shape index (κ2) is 8.13. The summed E-state index contributed by atoms with van der Waals surface area (Å²) in [5.41, 5.74) is -0.119. The molecule has 0 bridgehead atoms. The summed E-state index contributed by atoms with van der Waals surface area (Å²) in [6.07, 6.45) is 0.358. The number of carbonyl (C=O) groups excluding carboxylic acids is 2. The van der Waals surface area contributed by atoms with Crippen molar-refractivity contribution >= 4 is 27.3 Å². The number of hydrogen-bond donors (Lipinski definition) is 0. The van der Waals surface area contributed by atoms with Gasteiger partial charge in [-0.05, 0) is 12.5 Å². The average Bonchev–Trinajstić information content (AvgIpc) is 3.05. The molecule has 0 spiro atoms. The normalized spacial score (nSPS) is 21.4. The third-order valence-corrected chi connectivity index (χ3v) is 6.68. The lowest BCUT2D eigenvalue weighted by atomic mass is 10.1. The number of nitro groups is 1. The second-order valence-electron chi connectivity index (χ2n) is 6.85. The van der Waals surface area contributed by atoms with Crippen molar-refractivity contribution in [2.45, 2.75) is 6.42 Å². The predicted molar refractivity (Wildman–Crippen MR) is 98.5 cm³/mol. The number of amides is 2. The van der Waals surface area contributed by atoms with Crippen LogP contribution in [0.2, 0.25) is 0 Å². The van der Waals surface area contributed by atoms with Crippen LogP contribution >= 0.6 is 0 Å². The molecule has 1 aromatic rings. The lowest BCUT2D eigenvalue weighted by Gasteiger charge is -2.35. The van der Waals surface area contributed by atoms with E-state index in [0.29, 0.717) is 32.6 Å². The summed E-state index contributed by atoms with van der Waals surface area (Å²) in [4.78, 5) is 38.1. The van der Waals surface area contributed by atoms with E-state index < -0.39 is 20.7 Å². The molecule has 2 heterocycles. The van der Waals surface area contributed by atoms with Gasteiger partial charge in [-0.1, -0.05) is 6.07 Å². The van der Waals surface area contributed by atoms with Crippen LogP contribution in [0.5, 0.6) is 5.75 Å². The first-order valence-corrected chi connectivity index (χ1v) is 10.7. The van der Waals surface area contributed by atoms with Gasteiger partial charge >= 0.3 is 0 Å². The van der Waals surface area contributed by atoms with Crippen molar-refractivity contribution in [1.82, 2.24) is 9.80 Å². The van der Waals surface area contributed by atoms with Crippen molar-refractivity contribution in [2.75, 3.05) is 44.3 Å². The topological polar surface area (TPSA) is 127 Å². The van der Waals surface area contributed by atoms with Crippen LogP contribution in [0.3, 0.4) is 0 Å². The largest absolute Gasteiger partial charge is 0.484 e. The van der Waals surface area contributed by atoms with Crippen molar-refractivity contribution in [2.24, 2.45) is 5.92 Å². The Morgan fingerprint density at radius 3 is 2.46 bits per heavy atom. The van der Waals surface area contributed by atoms with Gasteiger partial charge in [0.05, 0.1) is 28.4 Å². The fraction of sp³-hybridized carbons (Fsp3) is 0.529. The number of piperazine rings is 1. The molecule has 2 saturated heterocycles. The van der Waals surface area contributed by atoms with Crippen LogP contribution in [0.4, 0.5) is 5.69 Å². The highest BCUT2D eigenvalue weighted by Gasteiger charge is 2.36. The number of ether oxygens (including phenoxy) is 1. The van der Waals surface area contributed by atoms with E-state index in [1.807, 2.05) is 0 Å². The Kier molecular flexibility index (Phi) is 5.82. The summed E-state index contributed by atoms with van der Waals surface area (Å²) in [7, 11) is -3.12. The molecular formula is C17H21N3O7S. The standard InChI is InChI=1S/C17H21N3O7S/c21-16(11-27-15-3-1-2-14(10-15)20(23)24)18-5-7-19(8-6-18)17(22)13-4-9-28(25,26)12-13/h1-3,10,13H,4-9,11-12H2/t13-/m1/s1. The van der Waals surface area contributed by atoms with Crippen LogP contribution < -0.4 is 4.74 Å². The number of benzene rings is 1. The smallest absolute Gasteiger partial charge is 0.273 e. The molecule has 2 amide bonds. The fourth-order valence-electron chi connectivity index (χ4n) is 3.35. The van der Waals surface area contributed by atoms with Gasteiger partial charge in [-0.25, -0.2) is 8.42 Å². The highest BCUT2D eigenvalue weighted by Crippen LogP contribution is 2.22. The predicted octanol–water partition coefficient (Wildman–Crippen LogP) is 0.0791. The molecule has 2 fully saturated rings. The molecule has 0 unspecified atom stereocenters. The molecule has 1 atom stereocenters. The molecule has 152 valence electrons. The zero-order valence-corrected chi connectivity index (χ0v) is 16.0. The molecule has 28 heavy (non-hydrogen) atoms. The number of carbonyl (C=O) groups is 2. The quantitative estimate of drug-likeness (QED) is 0.496. The lowest BCUT2D eigenvalue weighted by molar-refractivity contribution is -0.384. The van der Waals surface area contributed by atoms with E-state index in [-0.39, 0.29) is 41.4 Å². The van der Waals surface area contributed by atoms with E-state index in [9.17, 15) is 28.1 Å². The van der Waals surface area contributed by atoms with E-state index >= 15 is 0 Å². The van der Waals surface area contributed by atoms with Gasteiger partial charge in [-0.15, -0.1) is 0 Å². The minimum Gasteiger partial charge on any atom is -0.484 e. The third-order valence-electron chi connectivity index (χ3n) is 4.92. The van der Waals surface area contributed by atoms with Crippen molar-refractivity contribution in [3.63, 3.8) is 0 Å². The monoisotopic (exact) mass is 411 g/mol. The first-order valence-electron chi connectivity index (χ1n) is 8.89. The minimum absolute atomic E-state index is 0.0524. The third kappa shape index (κ3) is 4.77. The first kappa shape index (κ1) is 20.1. The van der Waals surface area contributed by atoms with E-state index in [4.69, 9.17) is 4.74 Å². The van der Waals surface area contributed by atoms with E-state index in [2.05, 4.69) is 0 Å². The van der Waals surface area contributed by atoms with Crippen molar-refractivity contribution < 1.29 is 27.7 Å². The van der Waals surface area contributed by atoms with Crippen LogP contribution in [0.15, 0.2) is 24.3 Å². The number of sulfone groups is 1. The summed E-state index contributed by atoms with van der Waals surface area (Å²) < 4.78 is 28.4. The number of hydrogen-bond acceptors (Lipinski definition) is 7. The zero-order chi connectivity index (χ0) is 20.3. The molecule has 2 aliphatic heterocycles. The van der Waals surface area contributed by atoms with Gasteiger partial charge in [-0.2, -0.15) is 0 Å². The highest BCUT2D eigenvalue weighted by atomic mass is 32.2. The minimum atomic E-state index is -3.12. The van der Waals surface area contributed by atoms with Crippen LogP contribution in [0, 0.1) is 16.0 Å². The van der Waals surface area contributed by atoms with Crippen molar-refractivity contribution in [1.29, 1.82) is 0 Å². The van der Waals surface area contributed by atoms with Gasteiger partial charge in [0.1, 0.15) is 5.75 Å². The van der Waals surface area contributed by atoms with Crippen LogP contribution in [-0.2, 0) is 19.4 Å². The maximum Gasteiger partial charge on any atom is 0.273 e. The van der Waals surface area contributed by atoms with Crippen LogP contribution in [0.1, 0.15) is 6.42 Å². The molecule has 0 N–H and O–H groups in total. The number of nitrogens with zero attached hydrogens (tertiary/aromatic N) is 3. The molecule has 0 aromatic heterocycles. The van der Waals surface area contributed by atoms with Gasteiger partial charge in [0, 0.05) is 32.2 Å². The lowest BCUT2D eigenvalue weighted by Crippen LogP contribution is -2.53. The summed E-state index contributed by atoms with van der Waals surface area (Å²) >= 11 is 0. The Morgan fingerprint density at radius 1 is 1.18 bits per heavy atom. The van der Waals surface area contributed by atoms with E-state index in [1.165, 1.54) is 24.3 Å². The molecule has 1 aromatic carbocycles. The Balaban J connectivity index is 1.47. The molecular weight excluding hydrogens is 390 g/mol. The SMILES string of the molecule is O=C(COc1cccc([N+](=O)[O-])c1)N1CCN(C(=O)[C@@H]2CCS(=O)(=O)C2)CC1. The van der Waals surface area contributed by atoms with Crippen LogP contribution in [0.25, 0.3) is 0 Å². The Morgan fingerprint density at radius 2 is 1.86 bits per heavy atom. The molecule has 3 rings (SSSR count). The van der Waals surface area contributed by atoms with E-state index in [1.54, 1.807) is 9.80 Å². The van der Waals surface area contributed by atoms with Gasteiger partial charge in [-0.3, -0.25) is 19.7 Å². The molecule has 10 nitrogen and oxygen atoms in total. The summed E-state index contributed by atoms with van der Waals surface area (Å²) in [5, 5.41) is 10.8. The second-order valence-corrected chi connectivity index (χ2v) is 9.08. The average molecular weight is 411 g/mol. The molecule has 0 radical (unpaired) electrons. The highest BCUT2D eigenvalue weighted by molar-refractivity contribution is 7.91. The number of nitro benzene ring substituents is 1. The van der Waals surface area contributed by atoms with Crippen molar-refractivity contribution in [3.8, 4) is 5.75 Å². The van der Waals surface area contributed by atoms with Crippen LogP contribution in [-0.4, -0.2) is 79.2 Å². The summed E-state index contributed by atoms with van der Waals surface area (Å²) in [6.45, 7) is 1.11. The number of non-ortho nitro benzene ring substituents is 1. The summed E-state index contributed by atoms with van der Waals surface area (Å²) in [5.74, 6) is -0.731. The Bertz CT molecular complexity index is 878. The molecule has 2 aliphatic rings. The molecule has 11 heteroatoms. The molecule has 0 saturated carbocycles. The Hall–Kier alpha value is -2.69. The number of rotatable bonds is 5. The van der Waals surface area contributed by atoms with Gasteiger partial charge in [0.2, 0.25) is 5.91 Å².